The van der Waals surface area contributed by atoms with E-state index < -0.39 is 0 Å². The van der Waals surface area contributed by atoms with Gasteiger partial charge >= 0.3 is 0 Å². The van der Waals surface area contributed by atoms with E-state index in [2.05, 4.69) is 86.3 Å². The van der Waals surface area contributed by atoms with E-state index in [0.717, 1.165) is 31.1 Å². The molecule has 1 saturated heterocycles. The lowest BCUT2D eigenvalue weighted by atomic mass is 10.1. The molecule has 2 unspecified atom stereocenters. The van der Waals surface area contributed by atoms with Crippen LogP contribution in [-0.2, 0) is 0 Å². The molecule has 0 amide bonds. The molecule has 3 aromatic rings. The molecule has 0 radical (unpaired) electrons. The fourth-order valence-electron chi connectivity index (χ4n) is 4.79. The number of aromatic nitrogens is 2. The molecule has 0 aliphatic carbocycles. The van der Waals surface area contributed by atoms with Crippen LogP contribution in [0, 0.1) is 32.1 Å². The number of benzene rings is 2. The molecular weight excluding hydrogens is 542 g/mol. The highest BCUT2D eigenvalue weighted by Gasteiger charge is 2.26. The van der Waals surface area contributed by atoms with Crippen molar-refractivity contribution >= 4 is 33.3 Å². The van der Waals surface area contributed by atoms with Crippen LogP contribution in [0.3, 0.4) is 0 Å². The quantitative estimate of drug-likeness (QED) is 0.248. The van der Waals surface area contributed by atoms with Crippen LogP contribution in [0.15, 0.2) is 53.1 Å². The summed E-state index contributed by atoms with van der Waals surface area (Å²) < 4.78 is 12.3. The fraction of sp³-hybridized carbons (Fsp3) is 0.400. The fourth-order valence-corrected chi connectivity index (χ4v) is 5.09. The highest BCUT2D eigenvalue weighted by Crippen LogP contribution is 2.26. The van der Waals surface area contributed by atoms with E-state index >= 15 is 0 Å². The van der Waals surface area contributed by atoms with E-state index in [1.807, 2.05) is 24.3 Å². The number of terminal acetylenes is 1. The van der Waals surface area contributed by atoms with Gasteiger partial charge in [-0.05, 0) is 72.4 Å². The van der Waals surface area contributed by atoms with Gasteiger partial charge < -0.3 is 20.1 Å². The third-order valence-electron chi connectivity index (χ3n) is 6.67. The van der Waals surface area contributed by atoms with Crippen molar-refractivity contribution in [3.8, 4) is 24.0 Å². The molecule has 38 heavy (non-hydrogen) atoms. The summed E-state index contributed by atoms with van der Waals surface area (Å²) in [6, 6.07) is 14.8. The topological polar surface area (TPSA) is 71.5 Å². The summed E-state index contributed by atoms with van der Waals surface area (Å²) in [5, 5.41) is 6.92. The first-order chi connectivity index (χ1) is 18.4. The summed E-state index contributed by atoms with van der Waals surface area (Å²) in [6.07, 6.45) is 9.39. The third kappa shape index (κ3) is 7.62. The van der Waals surface area contributed by atoms with E-state index in [1.54, 1.807) is 6.20 Å². The minimum Gasteiger partial charge on any atom is -0.493 e. The van der Waals surface area contributed by atoms with Gasteiger partial charge in [-0.2, -0.15) is 4.98 Å². The minimum atomic E-state index is 0.137. The van der Waals surface area contributed by atoms with Gasteiger partial charge in [0.2, 0.25) is 11.8 Å². The van der Waals surface area contributed by atoms with Crippen molar-refractivity contribution in [3.05, 3.63) is 64.3 Å². The molecule has 2 heterocycles. The number of aryl methyl sites for hydroxylation is 2. The molecule has 4 rings (SSSR count). The number of hydrogen-bond acceptors (Lipinski definition) is 7. The average Bonchev–Trinajstić information content (AvgIpc) is 3.34. The second kappa shape index (κ2) is 13.5. The Bertz CT molecular complexity index is 1240. The molecule has 0 saturated carbocycles. The summed E-state index contributed by atoms with van der Waals surface area (Å²) in [4.78, 5) is 11.3. The number of nitrogens with zero attached hydrogens (tertiary/aromatic N) is 3. The lowest BCUT2D eigenvalue weighted by Crippen LogP contribution is -2.39. The summed E-state index contributed by atoms with van der Waals surface area (Å²) in [5.74, 6) is 4.45. The van der Waals surface area contributed by atoms with Gasteiger partial charge in [-0.1, -0.05) is 37.1 Å². The molecule has 2 atom stereocenters. The van der Waals surface area contributed by atoms with Crippen molar-refractivity contribution < 1.29 is 9.47 Å². The molecule has 1 fully saturated rings. The van der Waals surface area contributed by atoms with Crippen LogP contribution in [0.1, 0.15) is 30.9 Å². The maximum atomic E-state index is 6.17. The zero-order valence-electron chi connectivity index (χ0n) is 22.3. The first-order valence-corrected chi connectivity index (χ1v) is 13.8. The predicted octanol–water partition coefficient (Wildman–Crippen LogP) is 6.20. The number of rotatable bonds is 12. The average molecular weight is 579 g/mol. The van der Waals surface area contributed by atoms with Crippen LogP contribution in [0.25, 0.3) is 0 Å². The van der Waals surface area contributed by atoms with E-state index in [0.29, 0.717) is 34.9 Å². The van der Waals surface area contributed by atoms with Crippen LogP contribution in [0.5, 0.6) is 11.6 Å². The molecule has 7 nitrogen and oxygen atoms in total. The third-order valence-corrected chi connectivity index (χ3v) is 7.21. The van der Waals surface area contributed by atoms with Crippen LogP contribution < -0.4 is 20.1 Å². The SMILES string of the molecule is C#CCOc1nc(Nc2cccc(OCC(C)CN3CCCC3CNc3c(C)cccc3C)c2)ncc1Br. The summed E-state index contributed by atoms with van der Waals surface area (Å²) >= 11 is 3.38. The molecule has 8 heteroatoms. The van der Waals surface area contributed by atoms with E-state index in [-0.39, 0.29) is 6.61 Å². The normalized spacial score (nSPS) is 16.0. The molecule has 1 aliphatic heterocycles. The maximum absolute atomic E-state index is 6.17. The van der Waals surface area contributed by atoms with Crippen molar-refractivity contribution in [1.29, 1.82) is 0 Å². The number of hydrogen-bond donors (Lipinski definition) is 2. The van der Waals surface area contributed by atoms with E-state index in [1.165, 1.54) is 29.7 Å². The predicted molar refractivity (Wildman–Crippen MR) is 157 cm³/mol. The highest BCUT2D eigenvalue weighted by molar-refractivity contribution is 9.10. The Morgan fingerprint density at radius 3 is 2.76 bits per heavy atom. The molecule has 0 bridgehead atoms. The van der Waals surface area contributed by atoms with E-state index in [4.69, 9.17) is 15.9 Å². The van der Waals surface area contributed by atoms with Gasteiger partial charge in [0.1, 0.15) is 5.75 Å². The van der Waals surface area contributed by atoms with Crippen molar-refractivity contribution in [2.75, 3.05) is 43.5 Å². The molecular formula is C30H36BrN5O2. The van der Waals surface area contributed by atoms with Gasteiger partial charge in [0.15, 0.2) is 6.61 Å². The van der Waals surface area contributed by atoms with Crippen molar-refractivity contribution in [3.63, 3.8) is 0 Å². The number of anilines is 3. The van der Waals surface area contributed by atoms with Crippen LogP contribution in [0.2, 0.25) is 0 Å². The molecule has 1 aromatic heterocycles. The number of nitrogens with one attached hydrogen (secondary N) is 2. The molecule has 0 spiro atoms. The van der Waals surface area contributed by atoms with Crippen LogP contribution >= 0.6 is 15.9 Å². The molecule has 1 aliphatic rings. The van der Waals surface area contributed by atoms with Gasteiger partial charge in [-0.25, -0.2) is 4.98 Å². The Morgan fingerprint density at radius 1 is 1.18 bits per heavy atom. The zero-order valence-corrected chi connectivity index (χ0v) is 23.9. The number of likely N-dealkylation sites (tertiary alicyclic amines) is 1. The Labute approximate surface area is 234 Å². The molecule has 2 aromatic carbocycles. The second-order valence-corrected chi connectivity index (χ2v) is 10.7. The number of ether oxygens (including phenoxy) is 2. The van der Waals surface area contributed by atoms with Gasteiger partial charge in [0.25, 0.3) is 0 Å². The van der Waals surface area contributed by atoms with Crippen LogP contribution in [-0.4, -0.2) is 53.8 Å². The van der Waals surface area contributed by atoms with Crippen LogP contribution in [0.4, 0.5) is 17.3 Å². The van der Waals surface area contributed by atoms with Gasteiger partial charge in [-0.15, -0.1) is 6.42 Å². The van der Waals surface area contributed by atoms with E-state index in [9.17, 15) is 0 Å². The van der Waals surface area contributed by atoms with Gasteiger partial charge in [-0.3, -0.25) is 4.90 Å². The van der Waals surface area contributed by atoms with Gasteiger partial charge in [0, 0.05) is 42.5 Å². The Balaban J connectivity index is 1.28. The second-order valence-electron chi connectivity index (χ2n) is 9.85. The maximum Gasteiger partial charge on any atom is 0.233 e. The van der Waals surface area contributed by atoms with Crippen molar-refractivity contribution in [2.24, 2.45) is 5.92 Å². The lowest BCUT2D eigenvalue weighted by Gasteiger charge is -2.28. The monoisotopic (exact) mass is 577 g/mol. The number of halogens is 1. The molecule has 2 N–H and O–H groups in total. The van der Waals surface area contributed by atoms with Crippen molar-refractivity contribution in [1.82, 2.24) is 14.9 Å². The Kier molecular flexibility index (Phi) is 9.85. The van der Waals surface area contributed by atoms with Gasteiger partial charge in [0.05, 0.1) is 17.3 Å². The van der Waals surface area contributed by atoms with Crippen molar-refractivity contribution in [2.45, 2.75) is 39.7 Å². The Hall–Kier alpha value is -3.28. The summed E-state index contributed by atoms with van der Waals surface area (Å²) in [7, 11) is 0. The smallest absolute Gasteiger partial charge is 0.233 e. The Morgan fingerprint density at radius 2 is 1.97 bits per heavy atom. The lowest BCUT2D eigenvalue weighted by molar-refractivity contribution is 0.179. The zero-order chi connectivity index (χ0) is 26.9. The summed E-state index contributed by atoms with van der Waals surface area (Å²) in [6.45, 7) is 10.5. The first-order valence-electron chi connectivity index (χ1n) is 13.1. The molecule has 200 valence electrons. The standard InChI is InChI=1S/C30H36BrN5O2/c1-5-15-37-29-27(31)18-33-30(35-29)34-24-11-7-13-26(16-24)38-20-21(2)19-36-14-8-12-25(36)17-32-28-22(3)9-6-10-23(28)4/h1,6-7,9-11,13,16,18,21,25,32H,8,12,14-15,17,19-20H2,2-4H3,(H,33,34,35). The largest absolute Gasteiger partial charge is 0.493 e. The minimum absolute atomic E-state index is 0.137. The first kappa shape index (κ1) is 27.7. The highest BCUT2D eigenvalue weighted by atomic mass is 79.9. The summed E-state index contributed by atoms with van der Waals surface area (Å²) in [5.41, 5.74) is 4.71. The number of para-hydroxylation sites is 1.